The highest BCUT2D eigenvalue weighted by molar-refractivity contribution is 7.99. The zero-order valence-electron chi connectivity index (χ0n) is 15.6. The number of anilines is 1. The SMILES string of the molecule is CCc1ccc(NC(=O)c2sccc2S(=O)(=O)N2CCSCC2)cc1S(N)(=O)=O. The Morgan fingerprint density at radius 1 is 1.14 bits per heavy atom. The van der Waals surface area contributed by atoms with E-state index in [0.717, 1.165) is 11.3 Å². The molecule has 1 aliphatic rings. The van der Waals surface area contributed by atoms with Crippen molar-refractivity contribution in [3.63, 3.8) is 0 Å². The first kappa shape index (κ1) is 22.2. The number of nitrogens with two attached hydrogens (primary N) is 1. The Morgan fingerprint density at radius 2 is 1.83 bits per heavy atom. The number of hydrogen-bond acceptors (Lipinski definition) is 7. The van der Waals surface area contributed by atoms with Gasteiger partial charge in [0.05, 0.1) is 4.90 Å². The summed E-state index contributed by atoms with van der Waals surface area (Å²) < 4.78 is 50.9. The van der Waals surface area contributed by atoms with E-state index in [2.05, 4.69) is 5.32 Å². The lowest BCUT2D eigenvalue weighted by molar-refractivity contribution is 0.102. The van der Waals surface area contributed by atoms with Gasteiger partial charge in [-0.25, -0.2) is 22.0 Å². The number of rotatable bonds is 6. The lowest BCUT2D eigenvalue weighted by Crippen LogP contribution is -2.38. The van der Waals surface area contributed by atoms with E-state index in [-0.39, 0.29) is 20.4 Å². The molecule has 2 heterocycles. The maximum absolute atomic E-state index is 12.9. The predicted octanol–water partition coefficient (Wildman–Crippen LogP) is 1.95. The van der Waals surface area contributed by atoms with Crippen LogP contribution in [0, 0.1) is 0 Å². The van der Waals surface area contributed by atoms with Gasteiger partial charge in [0.1, 0.15) is 9.77 Å². The molecule has 3 N–H and O–H groups in total. The highest BCUT2D eigenvalue weighted by atomic mass is 32.2. The normalized spacial score (nSPS) is 15.9. The molecule has 1 aromatic heterocycles. The van der Waals surface area contributed by atoms with Crippen LogP contribution in [-0.2, 0) is 26.5 Å². The van der Waals surface area contributed by atoms with Gasteiger partial charge in [0.2, 0.25) is 20.0 Å². The van der Waals surface area contributed by atoms with Crippen molar-refractivity contribution in [1.29, 1.82) is 0 Å². The number of thioether (sulfide) groups is 1. The van der Waals surface area contributed by atoms with Gasteiger partial charge in [-0.2, -0.15) is 16.1 Å². The Bertz CT molecular complexity index is 1120. The van der Waals surface area contributed by atoms with Crippen LogP contribution in [0.1, 0.15) is 22.2 Å². The first-order chi connectivity index (χ1) is 13.6. The lowest BCUT2D eigenvalue weighted by Gasteiger charge is -2.25. The molecule has 0 saturated carbocycles. The van der Waals surface area contributed by atoms with E-state index in [1.54, 1.807) is 36.2 Å². The van der Waals surface area contributed by atoms with Gasteiger partial charge in [0.25, 0.3) is 5.91 Å². The van der Waals surface area contributed by atoms with E-state index in [1.807, 2.05) is 0 Å². The molecule has 1 amide bonds. The maximum atomic E-state index is 12.9. The van der Waals surface area contributed by atoms with Gasteiger partial charge in [-0.05, 0) is 35.6 Å². The molecule has 8 nitrogen and oxygen atoms in total. The largest absolute Gasteiger partial charge is 0.321 e. The fourth-order valence-corrected chi connectivity index (χ4v) is 7.71. The third-order valence-electron chi connectivity index (χ3n) is 4.44. The van der Waals surface area contributed by atoms with Crippen LogP contribution in [0.2, 0.25) is 0 Å². The van der Waals surface area contributed by atoms with Crippen molar-refractivity contribution in [3.8, 4) is 0 Å². The molecule has 12 heteroatoms. The second-order valence-electron chi connectivity index (χ2n) is 6.31. The Morgan fingerprint density at radius 3 is 2.45 bits per heavy atom. The number of carbonyl (C=O) groups excluding carboxylic acids is 1. The molecule has 1 fully saturated rings. The molecular formula is C17H21N3O5S4. The van der Waals surface area contributed by atoms with Crippen molar-refractivity contribution in [2.24, 2.45) is 5.14 Å². The molecule has 0 spiro atoms. The Balaban J connectivity index is 1.89. The van der Waals surface area contributed by atoms with Gasteiger partial charge in [0, 0.05) is 30.3 Å². The highest BCUT2D eigenvalue weighted by Gasteiger charge is 2.31. The summed E-state index contributed by atoms with van der Waals surface area (Å²) in [7, 11) is -7.73. The van der Waals surface area contributed by atoms with E-state index in [1.165, 1.54) is 16.4 Å². The van der Waals surface area contributed by atoms with Crippen LogP contribution in [0.15, 0.2) is 39.4 Å². The number of carbonyl (C=O) groups is 1. The van der Waals surface area contributed by atoms with E-state index in [4.69, 9.17) is 5.14 Å². The van der Waals surface area contributed by atoms with Crippen LogP contribution in [-0.4, -0.2) is 51.6 Å². The molecule has 1 aromatic carbocycles. The summed E-state index contributed by atoms with van der Waals surface area (Å²) in [4.78, 5) is 12.7. The molecule has 0 aliphatic carbocycles. The standard InChI is InChI=1S/C17H21N3O5S4/c1-2-12-3-4-13(11-15(12)28(18,22)23)19-17(21)16-14(5-8-27-16)29(24,25)20-6-9-26-10-7-20/h3-5,8,11H,2,6-7,9-10H2,1H3,(H,19,21)(H2,18,22,23). The zero-order valence-corrected chi connectivity index (χ0v) is 18.9. The van der Waals surface area contributed by atoms with Gasteiger partial charge in [-0.3, -0.25) is 4.79 Å². The van der Waals surface area contributed by atoms with E-state index >= 15 is 0 Å². The van der Waals surface area contributed by atoms with Gasteiger partial charge in [-0.1, -0.05) is 13.0 Å². The van der Waals surface area contributed by atoms with Crippen LogP contribution >= 0.6 is 23.1 Å². The van der Waals surface area contributed by atoms with Crippen LogP contribution < -0.4 is 10.5 Å². The number of hydrogen-bond donors (Lipinski definition) is 2. The van der Waals surface area contributed by atoms with Gasteiger partial charge in [-0.15, -0.1) is 11.3 Å². The second kappa shape index (κ2) is 8.74. The summed E-state index contributed by atoms with van der Waals surface area (Å²) in [6.07, 6.45) is 0.460. The van der Waals surface area contributed by atoms with Crippen molar-refractivity contribution < 1.29 is 21.6 Å². The van der Waals surface area contributed by atoms with Crippen molar-refractivity contribution in [3.05, 3.63) is 40.1 Å². The summed E-state index contributed by atoms with van der Waals surface area (Å²) >= 11 is 2.71. The Kier molecular flexibility index (Phi) is 6.70. The first-order valence-electron chi connectivity index (χ1n) is 8.77. The van der Waals surface area contributed by atoms with Crippen LogP contribution in [0.25, 0.3) is 0 Å². The Hall–Kier alpha value is -1.44. The molecule has 158 valence electrons. The van der Waals surface area contributed by atoms with Crippen LogP contribution in [0.3, 0.4) is 0 Å². The van der Waals surface area contributed by atoms with Crippen molar-refractivity contribution in [1.82, 2.24) is 4.31 Å². The number of aryl methyl sites for hydroxylation is 1. The average Bonchev–Trinajstić information content (AvgIpc) is 3.19. The highest BCUT2D eigenvalue weighted by Crippen LogP contribution is 2.28. The zero-order chi connectivity index (χ0) is 21.2. The molecule has 1 saturated heterocycles. The second-order valence-corrected chi connectivity index (χ2v) is 11.9. The number of benzene rings is 1. The molecule has 3 rings (SSSR count). The fraction of sp³-hybridized carbons (Fsp3) is 0.353. The van der Waals surface area contributed by atoms with Gasteiger partial charge < -0.3 is 5.32 Å². The predicted molar refractivity (Wildman–Crippen MR) is 116 cm³/mol. The summed E-state index contributed by atoms with van der Waals surface area (Å²) in [6, 6.07) is 5.85. The topological polar surface area (TPSA) is 127 Å². The van der Waals surface area contributed by atoms with Crippen molar-refractivity contribution >= 4 is 54.7 Å². The molecule has 29 heavy (non-hydrogen) atoms. The van der Waals surface area contributed by atoms with E-state index in [9.17, 15) is 21.6 Å². The number of amides is 1. The number of thiophene rings is 1. The molecule has 0 atom stereocenters. The molecule has 0 radical (unpaired) electrons. The third kappa shape index (κ3) is 4.84. The molecule has 0 unspecified atom stereocenters. The summed E-state index contributed by atoms with van der Waals surface area (Å²) in [5, 5.41) is 9.41. The van der Waals surface area contributed by atoms with Crippen LogP contribution in [0.5, 0.6) is 0 Å². The minimum atomic E-state index is -3.96. The molecule has 2 aromatic rings. The number of nitrogens with zero attached hydrogens (tertiary/aromatic N) is 1. The average molecular weight is 476 g/mol. The quantitative estimate of drug-likeness (QED) is 0.657. The van der Waals surface area contributed by atoms with Gasteiger partial charge in [0.15, 0.2) is 0 Å². The maximum Gasteiger partial charge on any atom is 0.267 e. The minimum absolute atomic E-state index is 0.0382. The molecule has 0 bridgehead atoms. The molecule has 1 aliphatic heterocycles. The summed E-state index contributed by atoms with van der Waals surface area (Å²) in [5.41, 5.74) is 0.759. The van der Waals surface area contributed by atoms with Crippen molar-refractivity contribution in [2.45, 2.75) is 23.1 Å². The van der Waals surface area contributed by atoms with Crippen LogP contribution in [0.4, 0.5) is 5.69 Å². The number of primary sulfonamides is 1. The lowest BCUT2D eigenvalue weighted by atomic mass is 10.1. The van der Waals surface area contributed by atoms with E-state index < -0.39 is 26.0 Å². The molecular weight excluding hydrogens is 454 g/mol. The van der Waals surface area contributed by atoms with Crippen molar-refractivity contribution in [2.75, 3.05) is 29.9 Å². The number of nitrogens with one attached hydrogen (secondary N) is 1. The minimum Gasteiger partial charge on any atom is -0.321 e. The monoisotopic (exact) mass is 475 g/mol. The smallest absolute Gasteiger partial charge is 0.267 e. The first-order valence-corrected chi connectivity index (χ1v) is 13.8. The third-order valence-corrected chi connectivity index (χ3v) is 9.35. The van der Waals surface area contributed by atoms with E-state index in [0.29, 0.717) is 36.6 Å². The van der Waals surface area contributed by atoms with Gasteiger partial charge >= 0.3 is 0 Å². The number of sulfonamides is 2. The summed E-state index contributed by atoms with van der Waals surface area (Å²) in [5.74, 6) is 0.810. The summed E-state index contributed by atoms with van der Waals surface area (Å²) in [6.45, 7) is 2.60. The fourth-order valence-electron chi connectivity index (χ4n) is 2.97. The Labute approximate surface area is 178 Å².